The standard InChI is InChI=1S/C9H13O4/c1-3-6(2)8(10)13-7-4-5-12-9(7)11/h3,6-7H,4-5H2,1-2H3. The fraction of sp³-hybridized carbons (Fsp3) is 0.667. The molecule has 0 spiro atoms. The van der Waals surface area contributed by atoms with Crippen molar-refractivity contribution in [1.82, 2.24) is 0 Å². The molecule has 0 aromatic rings. The molecule has 1 heterocycles. The van der Waals surface area contributed by atoms with Crippen LogP contribution in [0.15, 0.2) is 0 Å². The summed E-state index contributed by atoms with van der Waals surface area (Å²) >= 11 is 0. The Morgan fingerprint density at radius 1 is 1.77 bits per heavy atom. The first-order valence-electron chi connectivity index (χ1n) is 4.31. The molecule has 13 heavy (non-hydrogen) atoms. The van der Waals surface area contributed by atoms with Crippen LogP contribution in [0, 0.1) is 12.3 Å². The smallest absolute Gasteiger partial charge is 0.347 e. The highest BCUT2D eigenvalue weighted by Crippen LogP contribution is 2.13. The molecule has 1 aliphatic heterocycles. The third-order valence-corrected chi connectivity index (χ3v) is 2.02. The number of rotatable bonds is 3. The highest BCUT2D eigenvalue weighted by Gasteiger charge is 2.31. The number of hydrogen-bond acceptors (Lipinski definition) is 4. The van der Waals surface area contributed by atoms with Gasteiger partial charge in [0.1, 0.15) is 0 Å². The molecule has 2 atom stereocenters. The topological polar surface area (TPSA) is 52.6 Å². The van der Waals surface area contributed by atoms with E-state index >= 15 is 0 Å². The molecule has 1 saturated heterocycles. The van der Waals surface area contributed by atoms with E-state index in [9.17, 15) is 9.59 Å². The molecule has 0 amide bonds. The largest absolute Gasteiger partial charge is 0.463 e. The van der Waals surface area contributed by atoms with E-state index in [4.69, 9.17) is 4.74 Å². The summed E-state index contributed by atoms with van der Waals surface area (Å²) in [5.74, 6) is -1.07. The Bertz CT molecular complexity index is 212. The van der Waals surface area contributed by atoms with Crippen LogP contribution in [-0.4, -0.2) is 24.6 Å². The number of carbonyl (C=O) groups is 2. The Hall–Kier alpha value is -1.06. The summed E-state index contributed by atoms with van der Waals surface area (Å²) in [5, 5.41) is 0. The Kier molecular flexibility index (Phi) is 3.28. The van der Waals surface area contributed by atoms with Crippen molar-refractivity contribution >= 4 is 11.9 Å². The van der Waals surface area contributed by atoms with Gasteiger partial charge < -0.3 is 9.47 Å². The van der Waals surface area contributed by atoms with Crippen molar-refractivity contribution in [3.8, 4) is 0 Å². The van der Waals surface area contributed by atoms with E-state index in [-0.39, 0.29) is 11.9 Å². The number of cyclic esters (lactones) is 1. The summed E-state index contributed by atoms with van der Waals surface area (Å²) in [6.07, 6.45) is 1.51. The Labute approximate surface area is 77.2 Å². The average Bonchev–Trinajstić information content (AvgIpc) is 2.50. The van der Waals surface area contributed by atoms with Crippen molar-refractivity contribution in [3.05, 3.63) is 6.42 Å². The maximum atomic E-state index is 11.2. The summed E-state index contributed by atoms with van der Waals surface area (Å²) in [6.45, 7) is 3.85. The van der Waals surface area contributed by atoms with Crippen molar-refractivity contribution in [2.75, 3.05) is 6.61 Å². The second-order valence-corrected chi connectivity index (χ2v) is 3.00. The van der Waals surface area contributed by atoms with Crippen LogP contribution in [0.5, 0.6) is 0 Å². The van der Waals surface area contributed by atoms with Crippen LogP contribution in [-0.2, 0) is 19.1 Å². The zero-order valence-electron chi connectivity index (χ0n) is 7.78. The van der Waals surface area contributed by atoms with Gasteiger partial charge in [-0.1, -0.05) is 13.8 Å². The molecule has 0 aromatic heterocycles. The van der Waals surface area contributed by atoms with Crippen LogP contribution in [0.3, 0.4) is 0 Å². The molecule has 4 heteroatoms. The summed E-state index contributed by atoms with van der Waals surface area (Å²) in [6, 6.07) is 0. The van der Waals surface area contributed by atoms with Gasteiger partial charge >= 0.3 is 11.9 Å². The van der Waals surface area contributed by atoms with Crippen molar-refractivity contribution in [1.29, 1.82) is 0 Å². The lowest BCUT2D eigenvalue weighted by Gasteiger charge is -2.11. The second-order valence-electron chi connectivity index (χ2n) is 3.00. The number of esters is 2. The van der Waals surface area contributed by atoms with Gasteiger partial charge in [0.05, 0.1) is 12.5 Å². The highest BCUT2D eigenvalue weighted by atomic mass is 16.6. The van der Waals surface area contributed by atoms with Gasteiger partial charge in [-0.15, -0.1) is 0 Å². The van der Waals surface area contributed by atoms with Gasteiger partial charge in [0.2, 0.25) is 6.10 Å². The van der Waals surface area contributed by atoms with Crippen LogP contribution in [0.4, 0.5) is 0 Å². The first-order chi connectivity index (χ1) is 6.15. The first kappa shape index (κ1) is 10.0. The minimum absolute atomic E-state index is 0.270. The van der Waals surface area contributed by atoms with Crippen LogP contribution in [0.2, 0.25) is 0 Å². The van der Waals surface area contributed by atoms with Gasteiger partial charge in [-0.25, -0.2) is 4.79 Å². The molecule has 0 saturated carbocycles. The normalized spacial score (nSPS) is 23.8. The molecule has 2 unspecified atom stereocenters. The Balaban J connectivity index is 2.39. The summed E-state index contributed by atoms with van der Waals surface area (Å²) in [7, 11) is 0. The highest BCUT2D eigenvalue weighted by molar-refractivity contribution is 5.81. The Morgan fingerprint density at radius 2 is 2.46 bits per heavy atom. The summed E-state index contributed by atoms with van der Waals surface area (Å²) < 4.78 is 9.58. The molecule has 4 nitrogen and oxygen atoms in total. The van der Waals surface area contributed by atoms with Gasteiger partial charge in [-0.05, 0) is 6.42 Å². The number of carbonyl (C=O) groups excluding carboxylic acids is 2. The van der Waals surface area contributed by atoms with Crippen molar-refractivity contribution < 1.29 is 19.1 Å². The minimum atomic E-state index is -0.685. The summed E-state index contributed by atoms with van der Waals surface area (Å²) in [5.41, 5.74) is 0. The van der Waals surface area contributed by atoms with E-state index in [2.05, 4.69) is 4.74 Å². The molecule has 0 N–H and O–H groups in total. The van der Waals surface area contributed by atoms with Crippen molar-refractivity contribution in [3.63, 3.8) is 0 Å². The molecule has 1 fully saturated rings. The van der Waals surface area contributed by atoms with Crippen LogP contribution >= 0.6 is 0 Å². The van der Waals surface area contributed by atoms with Crippen LogP contribution < -0.4 is 0 Å². The lowest BCUT2D eigenvalue weighted by molar-refractivity contribution is -0.162. The lowest BCUT2D eigenvalue weighted by Crippen LogP contribution is -2.26. The SMILES string of the molecule is C[CH]C(C)C(=O)OC1CCOC1=O. The van der Waals surface area contributed by atoms with Gasteiger partial charge in [-0.3, -0.25) is 4.79 Å². The Morgan fingerprint density at radius 3 is 2.92 bits per heavy atom. The molecular formula is C9H13O4. The molecular weight excluding hydrogens is 172 g/mol. The van der Waals surface area contributed by atoms with Gasteiger partial charge in [0.25, 0.3) is 0 Å². The molecule has 73 valence electrons. The first-order valence-corrected chi connectivity index (χ1v) is 4.31. The fourth-order valence-corrected chi connectivity index (χ4v) is 0.968. The zero-order chi connectivity index (χ0) is 9.84. The predicted octanol–water partition coefficient (Wildman–Crippen LogP) is 0.705. The number of hydrogen-bond donors (Lipinski definition) is 0. The molecule has 1 aliphatic rings. The summed E-state index contributed by atoms with van der Waals surface area (Å²) in [4.78, 5) is 22.1. The van der Waals surface area contributed by atoms with E-state index in [1.54, 1.807) is 20.3 Å². The fourth-order valence-electron chi connectivity index (χ4n) is 0.968. The molecule has 0 bridgehead atoms. The predicted molar refractivity (Wildman–Crippen MR) is 44.6 cm³/mol. The molecule has 0 aliphatic carbocycles. The quantitative estimate of drug-likeness (QED) is 0.607. The molecule has 1 radical (unpaired) electrons. The molecule has 1 rings (SSSR count). The third kappa shape index (κ3) is 2.44. The number of ether oxygens (including phenoxy) is 2. The zero-order valence-corrected chi connectivity index (χ0v) is 7.78. The maximum absolute atomic E-state index is 11.2. The van der Waals surface area contributed by atoms with E-state index in [1.165, 1.54) is 0 Å². The minimum Gasteiger partial charge on any atom is -0.463 e. The van der Waals surface area contributed by atoms with Gasteiger partial charge in [0, 0.05) is 6.42 Å². The van der Waals surface area contributed by atoms with Gasteiger partial charge in [0.15, 0.2) is 0 Å². The van der Waals surface area contributed by atoms with E-state index in [0.29, 0.717) is 13.0 Å². The monoisotopic (exact) mass is 185 g/mol. The van der Waals surface area contributed by atoms with Crippen LogP contribution in [0.25, 0.3) is 0 Å². The lowest BCUT2D eigenvalue weighted by atomic mass is 10.1. The molecule has 0 aromatic carbocycles. The maximum Gasteiger partial charge on any atom is 0.347 e. The van der Waals surface area contributed by atoms with Gasteiger partial charge in [-0.2, -0.15) is 0 Å². The second kappa shape index (κ2) is 4.25. The van der Waals surface area contributed by atoms with Crippen molar-refractivity contribution in [2.45, 2.75) is 26.4 Å². The van der Waals surface area contributed by atoms with E-state index in [1.807, 2.05) is 0 Å². The average molecular weight is 185 g/mol. The van der Waals surface area contributed by atoms with E-state index in [0.717, 1.165) is 0 Å². The van der Waals surface area contributed by atoms with E-state index < -0.39 is 12.1 Å². The van der Waals surface area contributed by atoms with Crippen LogP contribution in [0.1, 0.15) is 20.3 Å². The van der Waals surface area contributed by atoms with Crippen molar-refractivity contribution in [2.24, 2.45) is 5.92 Å². The third-order valence-electron chi connectivity index (χ3n) is 2.02.